The molecular weight excluding hydrogens is 200 g/mol. The normalized spacial score (nSPS) is 31.8. The summed E-state index contributed by atoms with van der Waals surface area (Å²) >= 11 is 0. The molecule has 1 heterocycles. The molecule has 0 aromatic carbocycles. The summed E-state index contributed by atoms with van der Waals surface area (Å²) in [6.45, 7) is 2.99. The van der Waals surface area contributed by atoms with E-state index in [-0.39, 0.29) is 5.92 Å². The number of hydrogen-bond acceptors (Lipinski definition) is 3. The highest BCUT2D eigenvalue weighted by Gasteiger charge is 2.31. The van der Waals surface area contributed by atoms with Gasteiger partial charge in [-0.15, -0.1) is 0 Å². The summed E-state index contributed by atoms with van der Waals surface area (Å²) in [5.41, 5.74) is 0. The van der Waals surface area contributed by atoms with Gasteiger partial charge in [-0.25, -0.2) is 0 Å². The molecular formula is C13H22N2O. The van der Waals surface area contributed by atoms with E-state index in [9.17, 15) is 0 Å². The molecule has 16 heavy (non-hydrogen) atoms. The fourth-order valence-corrected chi connectivity index (χ4v) is 3.09. The lowest BCUT2D eigenvalue weighted by atomic mass is 9.97. The standard InChI is InChI=1S/C13H22N2O/c1-15(10-11-5-7-16-8-6-11)13-4-2-3-12(13)9-14/h11-13H,2-8,10H2,1H3. The van der Waals surface area contributed by atoms with Crippen LogP contribution in [-0.4, -0.2) is 37.7 Å². The number of nitriles is 1. The molecule has 0 N–H and O–H groups in total. The van der Waals surface area contributed by atoms with Gasteiger partial charge in [-0.05, 0) is 38.6 Å². The van der Waals surface area contributed by atoms with E-state index in [1.54, 1.807) is 0 Å². The average Bonchev–Trinajstić information content (AvgIpc) is 2.78. The van der Waals surface area contributed by atoms with Gasteiger partial charge in [-0.1, -0.05) is 6.42 Å². The van der Waals surface area contributed by atoms with Gasteiger partial charge in [0.1, 0.15) is 0 Å². The summed E-state index contributed by atoms with van der Waals surface area (Å²) in [5, 5.41) is 9.09. The molecule has 2 atom stereocenters. The van der Waals surface area contributed by atoms with E-state index >= 15 is 0 Å². The second kappa shape index (κ2) is 5.65. The van der Waals surface area contributed by atoms with Crippen molar-refractivity contribution in [2.24, 2.45) is 11.8 Å². The first kappa shape index (κ1) is 11.9. The summed E-state index contributed by atoms with van der Waals surface area (Å²) < 4.78 is 5.38. The molecule has 90 valence electrons. The maximum Gasteiger partial charge on any atom is 0.0672 e. The highest BCUT2D eigenvalue weighted by Crippen LogP contribution is 2.30. The Morgan fingerprint density at radius 2 is 2.00 bits per heavy atom. The first-order valence-corrected chi connectivity index (χ1v) is 6.49. The Hall–Kier alpha value is -0.590. The monoisotopic (exact) mass is 222 g/mol. The zero-order chi connectivity index (χ0) is 11.4. The van der Waals surface area contributed by atoms with E-state index < -0.39 is 0 Å². The van der Waals surface area contributed by atoms with Gasteiger partial charge in [0.2, 0.25) is 0 Å². The minimum absolute atomic E-state index is 0.268. The zero-order valence-corrected chi connectivity index (χ0v) is 10.2. The van der Waals surface area contributed by atoms with Crippen molar-refractivity contribution in [2.75, 3.05) is 26.8 Å². The van der Waals surface area contributed by atoms with Crippen LogP contribution >= 0.6 is 0 Å². The number of ether oxygens (including phenoxy) is 1. The van der Waals surface area contributed by atoms with Crippen molar-refractivity contribution < 1.29 is 4.74 Å². The van der Waals surface area contributed by atoms with E-state index in [0.29, 0.717) is 6.04 Å². The quantitative estimate of drug-likeness (QED) is 0.733. The van der Waals surface area contributed by atoms with E-state index in [1.165, 1.54) is 25.7 Å². The summed E-state index contributed by atoms with van der Waals surface area (Å²) in [4.78, 5) is 2.43. The first-order chi connectivity index (χ1) is 7.81. The first-order valence-electron chi connectivity index (χ1n) is 6.49. The van der Waals surface area contributed by atoms with Crippen LogP contribution in [-0.2, 0) is 4.74 Å². The molecule has 2 fully saturated rings. The Labute approximate surface area is 98.4 Å². The lowest BCUT2D eigenvalue weighted by Gasteiger charge is -2.32. The van der Waals surface area contributed by atoms with Crippen LogP contribution in [0.4, 0.5) is 0 Å². The van der Waals surface area contributed by atoms with Gasteiger partial charge >= 0.3 is 0 Å². The SMILES string of the molecule is CN(CC1CCOCC1)C1CCCC1C#N. The van der Waals surface area contributed by atoms with Crippen LogP contribution in [0.2, 0.25) is 0 Å². The average molecular weight is 222 g/mol. The Kier molecular flexibility index (Phi) is 4.20. The summed E-state index contributed by atoms with van der Waals surface area (Å²) in [7, 11) is 2.19. The Morgan fingerprint density at radius 1 is 1.25 bits per heavy atom. The number of rotatable bonds is 3. The number of hydrogen-bond donors (Lipinski definition) is 0. The lowest BCUT2D eigenvalue weighted by molar-refractivity contribution is 0.0490. The van der Waals surface area contributed by atoms with Crippen LogP contribution in [0.25, 0.3) is 0 Å². The highest BCUT2D eigenvalue weighted by atomic mass is 16.5. The third-order valence-corrected chi connectivity index (χ3v) is 4.10. The zero-order valence-electron chi connectivity index (χ0n) is 10.2. The molecule has 0 spiro atoms. The van der Waals surface area contributed by atoms with Crippen LogP contribution in [0.3, 0.4) is 0 Å². The third-order valence-electron chi connectivity index (χ3n) is 4.10. The van der Waals surface area contributed by atoms with Crippen LogP contribution in [0.15, 0.2) is 0 Å². The van der Waals surface area contributed by atoms with Gasteiger partial charge in [0.25, 0.3) is 0 Å². The molecule has 1 aliphatic heterocycles. The van der Waals surface area contributed by atoms with Gasteiger partial charge in [-0.3, -0.25) is 0 Å². The van der Waals surface area contributed by atoms with Crippen molar-refractivity contribution in [3.05, 3.63) is 0 Å². The van der Waals surface area contributed by atoms with Crippen molar-refractivity contribution in [3.8, 4) is 6.07 Å². The molecule has 0 aromatic heterocycles. The van der Waals surface area contributed by atoms with E-state index in [0.717, 1.165) is 32.1 Å². The fourth-order valence-electron chi connectivity index (χ4n) is 3.09. The van der Waals surface area contributed by atoms with E-state index in [2.05, 4.69) is 18.0 Å². The van der Waals surface area contributed by atoms with Gasteiger partial charge in [-0.2, -0.15) is 5.26 Å². The van der Waals surface area contributed by atoms with Crippen molar-refractivity contribution >= 4 is 0 Å². The maximum atomic E-state index is 9.09. The minimum atomic E-state index is 0.268. The van der Waals surface area contributed by atoms with Crippen LogP contribution in [0.5, 0.6) is 0 Å². The second-order valence-electron chi connectivity index (χ2n) is 5.23. The summed E-state index contributed by atoms with van der Waals surface area (Å²) in [6.07, 6.45) is 5.90. The van der Waals surface area contributed by atoms with Gasteiger partial charge < -0.3 is 9.64 Å². The molecule has 3 nitrogen and oxygen atoms in total. The third kappa shape index (κ3) is 2.75. The minimum Gasteiger partial charge on any atom is -0.381 e. The van der Waals surface area contributed by atoms with Gasteiger partial charge in [0.15, 0.2) is 0 Å². The van der Waals surface area contributed by atoms with E-state index in [1.807, 2.05) is 0 Å². The van der Waals surface area contributed by atoms with Crippen LogP contribution in [0, 0.1) is 23.2 Å². The van der Waals surface area contributed by atoms with Gasteiger partial charge in [0.05, 0.1) is 12.0 Å². The summed E-state index contributed by atoms with van der Waals surface area (Å²) in [5.74, 6) is 1.04. The molecule has 2 rings (SSSR count). The van der Waals surface area contributed by atoms with Crippen molar-refractivity contribution in [1.82, 2.24) is 4.90 Å². The largest absolute Gasteiger partial charge is 0.381 e. The summed E-state index contributed by atoms with van der Waals surface area (Å²) in [6, 6.07) is 2.97. The predicted molar refractivity (Wildman–Crippen MR) is 62.9 cm³/mol. The maximum absolute atomic E-state index is 9.09. The number of nitrogens with zero attached hydrogens (tertiary/aromatic N) is 2. The molecule has 2 unspecified atom stereocenters. The molecule has 0 amide bonds. The van der Waals surface area contributed by atoms with Crippen LogP contribution in [0.1, 0.15) is 32.1 Å². The van der Waals surface area contributed by atoms with Gasteiger partial charge in [0, 0.05) is 25.8 Å². The topological polar surface area (TPSA) is 36.3 Å². The van der Waals surface area contributed by atoms with Crippen LogP contribution < -0.4 is 0 Å². The molecule has 2 aliphatic rings. The van der Waals surface area contributed by atoms with Crippen molar-refractivity contribution in [3.63, 3.8) is 0 Å². The molecule has 0 aromatic rings. The highest BCUT2D eigenvalue weighted by molar-refractivity contribution is 4.97. The smallest absolute Gasteiger partial charge is 0.0672 e. The fraction of sp³-hybridized carbons (Fsp3) is 0.923. The molecule has 0 bridgehead atoms. The molecule has 1 aliphatic carbocycles. The Balaban J connectivity index is 1.82. The Morgan fingerprint density at radius 3 is 2.69 bits per heavy atom. The van der Waals surface area contributed by atoms with Crippen molar-refractivity contribution in [1.29, 1.82) is 5.26 Å². The second-order valence-corrected chi connectivity index (χ2v) is 5.23. The molecule has 1 saturated heterocycles. The molecule has 1 saturated carbocycles. The Bertz CT molecular complexity index is 255. The lowest BCUT2D eigenvalue weighted by Crippen LogP contribution is -2.38. The van der Waals surface area contributed by atoms with E-state index in [4.69, 9.17) is 10.00 Å². The molecule has 3 heteroatoms. The predicted octanol–water partition coefficient (Wildman–Crippen LogP) is 2.04. The van der Waals surface area contributed by atoms with Crippen molar-refractivity contribution in [2.45, 2.75) is 38.1 Å². The molecule has 0 radical (unpaired) electrons.